The van der Waals surface area contributed by atoms with E-state index in [1.54, 1.807) is 0 Å². The summed E-state index contributed by atoms with van der Waals surface area (Å²) in [5, 5.41) is 3.49. The van der Waals surface area contributed by atoms with E-state index >= 15 is 0 Å². The van der Waals surface area contributed by atoms with Crippen LogP contribution in [0, 0.1) is 0 Å². The van der Waals surface area contributed by atoms with Crippen molar-refractivity contribution in [3.05, 3.63) is 35.4 Å². The van der Waals surface area contributed by atoms with Crippen molar-refractivity contribution in [2.45, 2.75) is 24.5 Å². The first kappa shape index (κ1) is 14.4. The number of alkyl halides is 1. The molecule has 0 aliphatic heterocycles. The highest BCUT2D eigenvalue weighted by Crippen LogP contribution is 2.09. The lowest BCUT2D eigenvalue weighted by molar-refractivity contribution is 0.0953. The van der Waals surface area contributed by atoms with E-state index in [9.17, 15) is 4.79 Å². The number of hydrogen-bond acceptors (Lipinski definition) is 2. The number of rotatable bonds is 6. The molecule has 0 saturated carbocycles. The maximum Gasteiger partial charge on any atom is 0.251 e. The summed E-state index contributed by atoms with van der Waals surface area (Å²) >= 11 is 7.50. The number of hydrogen-bond donors (Lipinski definition) is 1. The van der Waals surface area contributed by atoms with Crippen LogP contribution in [0.3, 0.4) is 0 Å². The molecule has 0 spiro atoms. The zero-order valence-electron chi connectivity index (χ0n) is 10.2. The molecule has 17 heavy (non-hydrogen) atoms. The molecule has 0 aromatic heterocycles. The van der Waals surface area contributed by atoms with Crippen LogP contribution in [0.15, 0.2) is 24.3 Å². The van der Waals surface area contributed by atoms with Gasteiger partial charge in [-0.1, -0.05) is 19.1 Å². The van der Waals surface area contributed by atoms with Gasteiger partial charge in [0.2, 0.25) is 0 Å². The fourth-order valence-corrected chi connectivity index (χ4v) is 1.89. The molecule has 0 saturated heterocycles. The Balaban J connectivity index is 2.41. The molecule has 1 amide bonds. The van der Waals surface area contributed by atoms with Gasteiger partial charge in [-0.25, -0.2) is 0 Å². The largest absolute Gasteiger partial charge is 0.352 e. The van der Waals surface area contributed by atoms with Crippen LogP contribution >= 0.6 is 23.4 Å². The Labute approximate surface area is 112 Å². The van der Waals surface area contributed by atoms with Crippen LogP contribution < -0.4 is 5.32 Å². The van der Waals surface area contributed by atoms with E-state index in [2.05, 4.69) is 18.5 Å². The van der Waals surface area contributed by atoms with E-state index in [0.717, 1.165) is 18.5 Å². The van der Waals surface area contributed by atoms with Gasteiger partial charge in [0, 0.05) is 23.2 Å². The Morgan fingerprint density at radius 2 is 2.06 bits per heavy atom. The molecule has 1 aromatic rings. The van der Waals surface area contributed by atoms with Crippen molar-refractivity contribution in [2.24, 2.45) is 0 Å². The van der Waals surface area contributed by atoms with E-state index < -0.39 is 0 Å². The first-order chi connectivity index (χ1) is 8.17. The summed E-state index contributed by atoms with van der Waals surface area (Å²) in [6.07, 6.45) is 3.07. The Kier molecular flexibility index (Phi) is 6.45. The van der Waals surface area contributed by atoms with E-state index in [0.29, 0.717) is 16.7 Å². The predicted octanol–water partition coefficient (Wildman–Crippen LogP) is 3.30. The van der Waals surface area contributed by atoms with Gasteiger partial charge in [-0.2, -0.15) is 11.8 Å². The highest BCUT2D eigenvalue weighted by molar-refractivity contribution is 7.99. The number of amides is 1. The molecule has 1 aromatic carbocycles. The lowest BCUT2D eigenvalue weighted by Crippen LogP contribution is -2.25. The van der Waals surface area contributed by atoms with Gasteiger partial charge in [-0.05, 0) is 30.4 Å². The van der Waals surface area contributed by atoms with Crippen LogP contribution in [-0.2, 0) is 5.88 Å². The van der Waals surface area contributed by atoms with Crippen LogP contribution in [0.5, 0.6) is 0 Å². The molecule has 1 atom stereocenters. The summed E-state index contributed by atoms with van der Waals surface area (Å²) in [4.78, 5) is 11.8. The smallest absolute Gasteiger partial charge is 0.251 e. The molecule has 0 fully saturated rings. The molecule has 0 aliphatic carbocycles. The average molecular weight is 272 g/mol. The Bertz CT molecular complexity index is 353. The minimum absolute atomic E-state index is 0.0144. The summed E-state index contributed by atoms with van der Waals surface area (Å²) < 4.78 is 0. The molecule has 0 radical (unpaired) electrons. The second kappa shape index (κ2) is 7.62. The van der Waals surface area contributed by atoms with Crippen LogP contribution in [-0.4, -0.2) is 24.0 Å². The highest BCUT2D eigenvalue weighted by Gasteiger charge is 2.05. The second-order valence-electron chi connectivity index (χ2n) is 3.92. The molecule has 0 heterocycles. The number of nitrogens with one attached hydrogen (secondary N) is 1. The van der Waals surface area contributed by atoms with Crippen LogP contribution in [0.1, 0.15) is 29.3 Å². The molecule has 94 valence electrons. The summed E-state index contributed by atoms with van der Waals surface area (Å²) in [6, 6.07) is 7.38. The van der Waals surface area contributed by atoms with Gasteiger partial charge in [-0.15, -0.1) is 11.6 Å². The van der Waals surface area contributed by atoms with Crippen LogP contribution in [0.25, 0.3) is 0 Å². The summed E-state index contributed by atoms with van der Waals surface area (Å²) in [5.41, 5.74) is 1.72. The SMILES string of the molecule is CSC(C)CCNC(=O)c1ccc(CCl)cc1. The number of benzene rings is 1. The van der Waals surface area contributed by atoms with Gasteiger partial charge < -0.3 is 5.32 Å². The summed E-state index contributed by atoms with van der Waals surface area (Å²) in [6.45, 7) is 2.88. The highest BCUT2D eigenvalue weighted by atomic mass is 35.5. The van der Waals surface area contributed by atoms with Gasteiger partial charge in [0.1, 0.15) is 0 Å². The Morgan fingerprint density at radius 3 is 2.59 bits per heavy atom. The monoisotopic (exact) mass is 271 g/mol. The van der Waals surface area contributed by atoms with Crippen molar-refractivity contribution in [1.29, 1.82) is 0 Å². The minimum atomic E-state index is -0.0144. The summed E-state index contributed by atoms with van der Waals surface area (Å²) in [5.74, 6) is 0.465. The second-order valence-corrected chi connectivity index (χ2v) is 5.46. The maximum absolute atomic E-state index is 11.8. The third-order valence-electron chi connectivity index (χ3n) is 2.61. The molecule has 1 unspecified atom stereocenters. The van der Waals surface area contributed by atoms with E-state index in [4.69, 9.17) is 11.6 Å². The lowest BCUT2D eigenvalue weighted by atomic mass is 10.1. The molecule has 0 aliphatic rings. The third kappa shape index (κ3) is 5.00. The van der Waals surface area contributed by atoms with Gasteiger partial charge in [-0.3, -0.25) is 4.79 Å². The molecule has 0 bridgehead atoms. The zero-order chi connectivity index (χ0) is 12.7. The van der Waals surface area contributed by atoms with E-state index in [1.165, 1.54) is 0 Å². The van der Waals surface area contributed by atoms with Crippen molar-refractivity contribution in [2.75, 3.05) is 12.8 Å². The fourth-order valence-electron chi connectivity index (χ4n) is 1.35. The van der Waals surface area contributed by atoms with Crippen molar-refractivity contribution in [3.63, 3.8) is 0 Å². The molecule has 4 heteroatoms. The molecule has 1 rings (SSSR count). The Hall–Kier alpha value is -0.670. The first-order valence-corrected chi connectivity index (χ1v) is 7.45. The normalized spacial score (nSPS) is 12.2. The number of carbonyl (C=O) groups is 1. The molecule has 2 nitrogen and oxygen atoms in total. The number of halogens is 1. The fraction of sp³-hybridized carbons (Fsp3) is 0.462. The quantitative estimate of drug-likeness (QED) is 0.805. The van der Waals surface area contributed by atoms with Gasteiger partial charge in [0.15, 0.2) is 0 Å². The molecular formula is C13H18ClNOS. The summed E-state index contributed by atoms with van der Waals surface area (Å²) in [7, 11) is 0. The van der Waals surface area contributed by atoms with Crippen LogP contribution in [0.2, 0.25) is 0 Å². The lowest BCUT2D eigenvalue weighted by Gasteiger charge is -2.09. The number of thioether (sulfide) groups is 1. The molecule has 1 N–H and O–H groups in total. The van der Waals surface area contributed by atoms with Crippen molar-refractivity contribution in [3.8, 4) is 0 Å². The maximum atomic E-state index is 11.8. The first-order valence-electron chi connectivity index (χ1n) is 5.63. The topological polar surface area (TPSA) is 29.1 Å². The predicted molar refractivity (Wildman–Crippen MR) is 75.9 cm³/mol. The number of carbonyl (C=O) groups excluding carboxylic acids is 1. The third-order valence-corrected chi connectivity index (χ3v) is 3.96. The van der Waals surface area contributed by atoms with Crippen molar-refractivity contribution >= 4 is 29.3 Å². The van der Waals surface area contributed by atoms with Crippen molar-refractivity contribution in [1.82, 2.24) is 5.32 Å². The average Bonchev–Trinajstić information content (AvgIpc) is 2.38. The van der Waals surface area contributed by atoms with Crippen molar-refractivity contribution < 1.29 is 4.79 Å². The van der Waals surface area contributed by atoms with E-state index in [-0.39, 0.29) is 5.91 Å². The zero-order valence-corrected chi connectivity index (χ0v) is 11.8. The van der Waals surface area contributed by atoms with Gasteiger partial charge in [0.05, 0.1) is 0 Å². The molecular weight excluding hydrogens is 254 g/mol. The standard InChI is InChI=1S/C13H18ClNOS/c1-10(17-2)7-8-15-13(16)12-5-3-11(9-14)4-6-12/h3-6,10H,7-9H2,1-2H3,(H,15,16). The van der Waals surface area contributed by atoms with Gasteiger partial charge in [0.25, 0.3) is 5.91 Å². The minimum Gasteiger partial charge on any atom is -0.352 e. The van der Waals surface area contributed by atoms with Gasteiger partial charge >= 0.3 is 0 Å². The van der Waals surface area contributed by atoms with E-state index in [1.807, 2.05) is 36.0 Å². The Morgan fingerprint density at radius 1 is 1.41 bits per heavy atom. The van der Waals surface area contributed by atoms with Crippen LogP contribution in [0.4, 0.5) is 0 Å².